The van der Waals surface area contributed by atoms with Crippen LogP contribution in [0.4, 0.5) is 5.95 Å². The number of hydrogen-bond donors (Lipinski definition) is 2. The molecule has 19 heavy (non-hydrogen) atoms. The Kier molecular flexibility index (Phi) is 3.05. The highest BCUT2D eigenvalue weighted by Gasteiger charge is 2.31. The third-order valence-electron chi connectivity index (χ3n) is 2.86. The van der Waals surface area contributed by atoms with Crippen LogP contribution in [0.2, 0.25) is 5.28 Å². The fourth-order valence-corrected chi connectivity index (χ4v) is 2.05. The van der Waals surface area contributed by atoms with Gasteiger partial charge in [0.15, 0.2) is 0 Å². The Hall–Kier alpha value is -1.77. The summed E-state index contributed by atoms with van der Waals surface area (Å²) in [4.78, 5) is 17.8. The van der Waals surface area contributed by atoms with Crippen molar-refractivity contribution in [1.82, 2.24) is 24.5 Å². The number of anilines is 1. The van der Waals surface area contributed by atoms with E-state index in [2.05, 4.69) is 19.9 Å². The predicted molar refractivity (Wildman–Crippen MR) is 66.2 cm³/mol. The number of β-amino-alcohol motifs (C(OH)–C–C–N with tert-alkyl or cyclic N) is 2. The molecule has 2 N–H and O–H groups in total. The number of hydrogen-bond acceptors (Lipinski definition) is 7. The van der Waals surface area contributed by atoms with Crippen molar-refractivity contribution in [2.75, 3.05) is 18.0 Å². The van der Waals surface area contributed by atoms with E-state index in [9.17, 15) is 10.2 Å². The van der Waals surface area contributed by atoms with E-state index in [0.29, 0.717) is 11.9 Å². The maximum Gasteiger partial charge on any atom is 0.241 e. The Morgan fingerprint density at radius 1 is 1.11 bits per heavy atom. The number of aromatic nitrogens is 5. The van der Waals surface area contributed by atoms with Gasteiger partial charge in [-0.3, -0.25) is 4.57 Å². The van der Waals surface area contributed by atoms with Gasteiger partial charge in [0, 0.05) is 25.5 Å². The summed E-state index contributed by atoms with van der Waals surface area (Å²) in [6.45, 7) is 0.510. The fraction of sp³-hybridized carbons (Fsp3) is 0.400. The number of aliphatic hydroxyl groups excluding tert-OH is 2. The topological polar surface area (TPSA) is 100 Å². The second-order valence-corrected chi connectivity index (χ2v) is 4.55. The van der Waals surface area contributed by atoms with E-state index < -0.39 is 12.2 Å². The third kappa shape index (κ3) is 2.37. The maximum absolute atomic E-state index is 9.54. The van der Waals surface area contributed by atoms with Gasteiger partial charge in [-0.25, -0.2) is 4.98 Å². The Labute approximate surface area is 113 Å². The van der Waals surface area contributed by atoms with Crippen LogP contribution in [-0.4, -0.2) is 60.0 Å². The van der Waals surface area contributed by atoms with Gasteiger partial charge in [0.2, 0.25) is 17.2 Å². The van der Waals surface area contributed by atoms with Crippen LogP contribution in [0.5, 0.6) is 0 Å². The van der Waals surface area contributed by atoms with E-state index in [1.54, 1.807) is 28.2 Å². The minimum atomic E-state index is -0.813. The summed E-state index contributed by atoms with van der Waals surface area (Å²) in [5.41, 5.74) is 0. The molecule has 0 aliphatic carbocycles. The molecule has 2 aromatic rings. The Bertz CT molecular complexity index is 567. The lowest BCUT2D eigenvalue weighted by molar-refractivity contribution is 0.0572. The van der Waals surface area contributed by atoms with Crippen LogP contribution in [0.25, 0.3) is 5.95 Å². The average molecular weight is 283 g/mol. The van der Waals surface area contributed by atoms with Crippen LogP contribution in [0.1, 0.15) is 0 Å². The van der Waals surface area contributed by atoms with Crippen molar-refractivity contribution < 1.29 is 10.2 Å². The molecule has 0 aromatic carbocycles. The standard InChI is InChI=1S/C10H11ClN6O2/c11-8-13-9(16-2-1-12-5-16)15-10(14-8)17-3-6(18)7(19)4-17/h1-2,5-7,18-19H,3-4H2. The van der Waals surface area contributed by atoms with Crippen LogP contribution in [0.3, 0.4) is 0 Å². The van der Waals surface area contributed by atoms with E-state index in [0.717, 1.165) is 0 Å². The smallest absolute Gasteiger partial charge is 0.241 e. The van der Waals surface area contributed by atoms with Crippen LogP contribution >= 0.6 is 11.6 Å². The minimum absolute atomic E-state index is 0.0459. The van der Waals surface area contributed by atoms with Gasteiger partial charge < -0.3 is 15.1 Å². The van der Waals surface area contributed by atoms with Crippen molar-refractivity contribution >= 4 is 17.5 Å². The Balaban J connectivity index is 1.95. The lowest BCUT2D eigenvalue weighted by atomic mass is 10.3. The third-order valence-corrected chi connectivity index (χ3v) is 3.03. The first-order valence-corrected chi connectivity index (χ1v) is 6.02. The first-order valence-electron chi connectivity index (χ1n) is 5.64. The first-order chi connectivity index (χ1) is 9.13. The molecule has 0 spiro atoms. The summed E-state index contributed by atoms with van der Waals surface area (Å²) in [6.07, 6.45) is 3.20. The minimum Gasteiger partial charge on any atom is -0.388 e. The largest absolute Gasteiger partial charge is 0.388 e. The molecule has 2 aromatic heterocycles. The summed E-state index contributed by atoms with van der Waals surface area (Å²) in [5.74, 6) is 0.655. The summed E-state index contributed by atoms with van der Waals surface area (Å²) in [7, 11) is 0. The zero-order chi connectivity index (χ0) is 13.4. The molecule has 2 unspecified atom stereocenters. The molecule has 0 bridgehead atoms. The zero-order valence-corrected chi connectivity index (χ0v) is 10.5. The summed E-state index contributed by atoms with van der Waals surface area (Å²) in [5, 5.41) is 19.1. The highest BCUT2D eigenvalue weighted by Crippen LogP contribution is 2.19. The van der Waals surface area contributed by atoms with E-state index in [1.807, 2.05) is 0 Å². The average Bonchev–Trinajstić information content (AvgIpc) is 3.00. The first kappa shape index (κ1) is 12.3. The van der Waals surface area contributed by atoms with Gasteiger partial charge in [0.05, 0.1) is 12.2 Å². The SMILES string of the molecule is OC1CN(c2nc(Cl)nc(-n3ccnc3)n2)CC1O. The fourth-order valence-electron chi connectivity index (χ4n) is 1.90. The molecular formula is C10H11ClN6O2. The van der Waals surface area contributed by atoms with Crippen LogP contribution < -0.4 is 4.90 Å². The molecule has 9 heteroatoms. The van der Waals surface area contributed by atoms with Gasteiger partial charge in [0.25, 0.3) is 0 Å². The molecule has 0 radical (unpaired) electrons. The highest BCUT2D eigenvalue weighted by atomic mass is 35.5. The van der Waals surface area contributed by atoms with Crippen molar-refractivity contribution in [3.05, 3.63) is 24.0 Å². The van der Waals surface area contributed by atoms with E-state index in [4.69, 9.17) is 11.6 Å². The lowest BCUT2D eigenvalue weighted by Gasteiger charge is -2.15. The van der Waals surface area contributed by atoms with Crippen molar-refractivity contribution in [3.8, 4) is 5.95 Å². The molecule has 8 nitrogen and oxygen atoms in total. The molecule has 0 saturated carbocycles. The van der Waals surface area contributed by atoms with Crippen molar-refractivity contribution in [2.45, 2.75) is 12.2 Å². The number of aliphatic hydroxyl groups is 2. The van der Waals surface area contributed by atoms with Gasteiger partial charge in [0.1, 0.15) is 6.33 Å². The van der Waals surface area contributed by atoms with Gasteiger partial charge in [-0.15, -0.1) is 0 Å². The molecule has 100 valence electrons. The number of rotatable bonds is 2. The monoisotopic (exact) mass is 282 g/mol. The molecule has 1 aliphatic heterocycles. The van der Waals surface area contributed by atoms with E-state index in [-0.39, 0.29) is 18.4 Å². The summed E-state index contributed by atoms with van der Waals surface area (Å²) in [6, 6.07) is 0. The molecular weight excluding hydrogens is 272 g/mol. The number of imidazole rings is 1. The van der Waals surface area contributed by atoms with Crippen LogP contribution in [0.15, 0.2) is 18.7 Å². The maximum atomic E-state index is 9.54. The number of halogens is 1. The van der Waals surface area contributed by atoms with Gasteiger partial charge in [-0.2, -0.15) is 15.0 Å². The summed E-state index contributed by atoms with van der Waals surface area (Å²) >= 11 is 5.87. The molecule has 3 heterocycles. The number of nitrogens with zero attached hydrogens (tertiary/aromatic N) is 6. The van der Waals surface area contributed by atoms with Gasteiger partial charge in [-0.05, 0) is 11.6 Å². The Morgan fingerprint density at radius 3 is 2.42 bits per heavy atom. The highest BCUT2D eigenvalue weighted by molar-refractivity contribution is 6.28. The van der Waals surface area contributed by atoms with Crippen molar-refractivity contribution in [1.29, 1.82) is 0 Å². The zero-order valence-electron chi connectivity index (χ0n) is 9.76. The van der Waals surface area contributed by atoms with Gasteiger partial charge >= 0.3 is 0 Å². The van der Waals surface area contributed by atoms with Crippen molar-refractivity contribution in [2.24, 2.45) is 0 Å². The predicted octanol–water partition coefficient (Wildman–Crippen LogP) is -0.748. The normalized spacial score (nSPS) is 23.0. The molecule has 1 aliphatic rings. The van der Waals surface area contributed by atoms with E-state index in [1.165, 1.54) is 0 Å². The molecule has 2 atom stereocenters. The molecule has 1 fully saturated rings. The van der Waals surface area contributed by atoms with E-state index >= 15 is 0 Å². The van der Waals surface area contributed by atoms with Gasteiger partial charge in [-0.1, -0.05) is 0 Å². The molecule has 0 amide bonds. The second-order valence-electron chi connectivity index (χ2n) is 4.21. The lowest BCUT2D eigenvalue weighted by Crippen LogP contribution is -2.24. The molecule has 3 rings (SSSR count). The van der Waals surface area contributed by atoms with Crippen molar-refractivity contribution in [3.63, 3.8) is 0 Å². The quantitative estimate of drug-likeness (QED) is 0.748. The second kappa shape index (κ2) is 4.72. The summed E-state index contributed by atoms with van der Waals surface area (Å²) < 4.78 is 1.60. The molecule has 1 saturated heterocycles. The van der Waals surface area contributed by atoms with Crippen LogP contribution in [0, 0.1) is 0 Å². The van der Waals surface area contributed by atoms with Crippen LogP contribution in [-0.2, 0) is 0 Å². The Morgan fingerprint density at radius 2 is 1.79 bits per heavy atom.